The fraction of sp³-hybridized carbons (Fsp3) is 0.457. The number of pyridine rings is 1. The Morgan fingerprint density at radius 3 is 2.77 bits per heavy atom. The van der Waals surface area contributed by atoms with Crippen molar-refractivity contribution in [2.75, 3.05) is 44.2 Å². The van der Waals surface area contributed by atoms with Crippen LogP contribution in [0.1, 0.15) is 51.0 Å². The molecule has 8 heteroatoms. The molecule has 2 unspecified atom stereocenters. The first-order valence-corrected chi connectivity index (χ1v) is 15.8. The van der Waals surface area contributed by atoms with Crippen LogP contribution in [0.25, 0.3) is 32.9 Å². The molecule has 2 atom stereocenters. The van der Waals surface area contributed by atoms with Crippen LogP contribution in [0.5, 0.6) is 6.01 Å². The molecule has 4 aromatic rings. The number of fused-ring (bicyclic) bond motifs is 5. The average molecular weight is 577 g/mol. The summed E-state index contributed by atoms with van der Waals surface area (Å²) in [5, 5.41) is 6.18. The highest BCUT2D eigenvalue weighted by molar-refractivity contribution is 6.02. The predicted molar refractivity (Wildman–Crippen MR) is 168 cm³/mol. The van der Waals surface area contributed by atoms with E-state index in [1.165, 1.54) is 19.3 Å². The molecule has 4 aliphatic rings. The van der Waals surface area contributed by atoms with Crippen molar-refractivity contribution in [1.82, 2.24) is 25.2 Å². The molecule has 220 valence electrons. The maximum atomic E-state index is 16.8. The van der Waals surface area contributed by atoms with E-state index < -0.39 is 5.82 Å². The highest BCUT2D eigenvalue weighted by atomic mass is 19.1. The fourth-order valence-electron chi connectivity index (χ4n) is 8.10. The van der Waals surface area contributed by atoms with Gasteiger partial charge in [-0.2, -0.15) is 9.97 Å². The molecule has 0 saturated carbocycles. The molecule has 4 saturated heterocycles. The standard InChI is InChI=1S/C35H37FN6O/c1-2-7-24-8-3-9-25-10-4-11-27(29(24)25)31-30(36)32-28(20-38-31)33(41-17-12-23-18-26(21-41)37-19-23)40-34(39-32)43-22-35-13-5-15-42(35)16-6-14-35/h3-4,8-11,20,23,26,37H,5-6,12-19,21-22H2,1H3. The molecular weight excluding hydrogens is 539 g/mol. The minimum atomic E-state index is -0.450. The number of rotatable bonds is 5. The van der Waals surface area contributed by atoms with E-state index in [1.54, 1.807) is 6.20 Å². The zero-order valence-corrected chi connectivity index (χ0v) is 24.7. The molecule has 4 aliphatic heterocycles. The molecule has 7 nitrogen and oxygen atoms in total. The molecule has 0 amide bonds. The fourth-order valence-corrected chi connectivity index (χ4v) is 8.10. The van der Waals surface area contributed by atoms with Crippen molar-refractivity contribution >= 4 is 27.5 Å². The first-order valence-electron chi connectivity index (χ1n) is 15.8. The summed E-state index contributed by atoms with van der Waals surface area (Å²) in [5.41, 5.74) is 2.14. The number of aromatic nitrogens is 3. The van der Waals surface area contributed by atoms with Crippen LogP contribution in [-0.2, 0) is 0 Å². The number of nitrogens with one attached hydrogen (secondary N) is 1. The van der Waals surface area contributed by atoms with Gasteiger partial charge in [0, 0.05) is 41.8 Å². The van der Waals surface area contributed by atoms with Gasteiger partial charge in [-0.15, -0.1) is 5.92 Å². The largest absolute Gasteiger partial charge is 0.461 e. The topological polar surface area (TPSA) is 66.4 Å². The van der Waals surface area contributed by atoms with Crippen LogP contribution in [0.4, 0.5) is 10.2 Å². The molecule has 0 aliphatic carbocycles. The first kappa shape index (κ1) is 26.8. The molecular formula is C35H37FN6O. The zero-order chi connectivity index (χ0) is 29.0. The second-order valence-electron chi connectivity index (χ2n) is 12.7. The number of anilines is 1. The van der Waals surface area contributed by atoms with E-state index in [0.29, 0.717) is 29.5 Å². The number of benzene rings is 2. The Hall–Kier alpha value is -3.80. The van der Waals surface area contributed by atoms with Crippen LogP contribution in [0.15, 0.2) is 42.6 Å². The normalized spacial score (nSPS) is 22.9. The van der Waals surface area contributed by atoms with E-state index in [2.05, 4.69) is 27.0 Å². The number of nitrogens with zero attached hydrogens (tertiary/aromatic N) is 5. The van der Waals surface area contributed by atoms with Crippen LogP contribution >= 0.6 is 0 Å². The van der Waals surface area contributed by atoms with Gasteiger partial charge in [0.2, 0.25) is 0 Å². The molecule has 2 aromatic carbocycles. The number of halogens is 1. The third kappa shape index (κ3) is 4.61. The summed E-state index contributed by atoms with van der Waals surface area (Å²) in [7, 11) is 0. The highest BCUT2D eigenvalue weighted by Crippen LogP contribution is 2.40. The van der Waals surface area contributed by atoms with E-state index in [0.717, 1.165) is 74.1 Å². The van der Waals surface area contributed by atoms with Gasteiger partial charge in [-0.25, -0.2) is 4.39 Å². The van der Waals surface area contributed by atoms with Gasteiger partial charge >= 0.3 is 6.01 Å². The molecule has 1 N–H and O–H groups in total. The van der Waals surface area contributed by atoms with E-state index in [4.69, 9.17) is 19.7 Å². The first-order chi connectivity index (χ1) is 21.1. The Kier molecular flexibility index (Phi) is 6.69. The van der Waals surface area contributed by atoms with Gasteiger partial charge < -0.3 is 15.0 Å². The Morgan fingerprint density at radius 2 is 1.93 bits per heavy atom. The van der Waals surface area contributed by atoms with Gasteiger partial charge in [0.15, 0.2) is 5.82 Å². The van der Waals surface area contributed by atoms with Crippen LogP contribution < -0.4 is 15.0 Å². The average Bonchev–Trinajstić information content (AvgIpc) is 3.70. The Balaban J connectivity index is 1.26. The maximum Gasteiger partial charge on any atom is 0.319 e. The summed E-state index contributed by atoms with van der Waals surface area (Å²) in [6.07, 6.45) is 8.63. The van der Waals surface area contributed by atoms with Gasteiger partial charge in [-0.05, 0) is 82.5 Å². The monoisotopic (exact) mass is 576 g/mol. The smallest absolute Gasteiger partial charge is 0.319 e. The molecule has 8 rings (SSSR count). The molecule has 0 radical (unpaired) electrons. The number of hydrogen-bond acceptors (Lipinski definition) is 7. The summed E-state index contributed by atoms with van der Waals surface area (Å²) in [6.45, 7) is 7.36. The van der Waals surface area contributed by atoms with Crippen LogP contribution in [-0.4, -0.2) is 70.8 Å². The summed E-state index contributed by atoms with van der Waals surface area (Å²) < 4.78 is 23.3. The maximum absolute atomic E-state index is 16.8. The molecule has 2 bridgehead atoms. The lowest BCUT2D eigenvalue weighted by atomic mass is 9.95. The summed E-state index contributed by atoms with van der Waals surface area (Å²) in [4.78, 5) is 19.3. The molecule has 43 heavy (non-hydrogen) atoms. The summed E-state index contributed by atoms with van der Waals surface area (Å²) >= 11 is 0. The third-order valence-corrected chi connectivity index (χ3v) is 10.2. The minimum Gasteiger partial charge on any atom is -0.461 e. The van der Waals surface area contributed by atoms with Gasteiger partial charge in [0.1, 0.15) is 23.6 Å². The van der Waals surface area contributed by atoms with Gasteiger partial charge in [-0.1, -0.05) is 36.3 Å². The number of ether oxygens (including phenoxy) is 1. The van der Waals surface area contributed by atoms with Crippen molar-refractivity contribution in [2.45, 2.75) is 57.0 Å². The van der Waals surface area contributed by atoms with Crippen molar-refractivity contribution < 1.29 is 9.13 Å². The van der Waals surface area contributed by atoms with E-state index in [-0.39, 0.29) is 22.8 Å². The molecule has 6 heterocycles. The summed E-state index contributed by atoms with van der Waals surface area (Å²) in [6, 6.07) is 12.5. The van der Waals surface area contributed by atoms with Gasteiger partial charge in [0.25, 0.3) is 0 Å². The van der Waals surface area contributed by atoms with Crippen molar-refractivity contribution in [3.8, 4) is 29.1 Å². The number of hydrogen-bond donors (Lipinski definition) is 1. The second-order valence-corrected chi connectivity index (χ2v) is 12.7. The SMILES string of the molecule is CC#Cc1cccc2cccc(-c3ncc4c(N5CCC6CNC(C6)C5)nc(OCC56CCCN5CCC6)nc4c3F)c12. The second kappa shape index (κ2) is 10.7. The lowest BCUT2D eigenvalue weighted by molar-refractivity contribution is 0.108. The predicted octanol–water partition coefficient (Wildman–Crippen LogP) is 5.55. The Bertz CT molecular complexity index is 1760. The van der Waals surface area contributed by atoms with Gasteiger partial charge in [0.05, 0.1) is 10.9 Å². The highest BCUT2D eigenvalue weighted by Gasteiger charge is 2.45. The lowest BCUT2D eigenvalue weighted by Crippen LogP contribution is -2.43. The van der Waals surface area contributed by atoms with Crippen molar-refractivity contribution in [3.63, 3.8) is 0 Å². The summed E-state index contributed by atoms with van der Waals surface area (Å²) in [5.74, 6) is 7.14. The van der Waals surface area contributed by atoms with E-state index in [1.807, 2.05) is 43.3 Å². The van der Waals surface area contributed by atoms with Crippen LogP contribution in [0.3, 0.4) is 0 Å². The van der Waals surface area contributed by atoms with Gasteiger partial charge in [-0.3, -0.25) is 9.88 Å². The van der Waals surface area contributed by atoms with Crippen molar-refractivity contribution in [3.05, 3.63) is 54.0 Å². The minimum absolute atomic E-state index is 0.0474. The van der Waals surface area contributed by atoms with Crippen LogP contribution in [0.2, 0.25) is 0 Å². The van der Waals surface area contributed by atoms with Crippen molar-refractivity contribution in [2.24, 2.45) is 5.92 Å². The Labute approximate surface area is 251 Å². The third-order valence-electron chi connectivity index (χ3n) is 10.2. The molecule has 2 aromatic heterocycles. The Morgan fingerprint density at radius 1 is 1.09 bits per heavy atom. The lowest BCUT2D eigenvalue weighted by Gasteiger charge is -2.31. The quantitative estimate of drug-likeness (QED) is 0.313. The zero-order valence-electron chi connectivity index (χ0n) is 24.7. The van der Waals surface area contributed by atoms with Crippen molar-refractivity contribution in [1.29, 1.82) is 0 Å². The van der Waals surface area contributed by atoms with E-state index in [9.17, 15) is 0 Å². The molecule has 4 fully saturated rings. The van der Waals surface area contributed by atoms with E-state index >= 15 is 4.39 Å². The molecule has 0 spiro atoms. The van der Waals surface area contributed by atoms with Crippen LogP contribution in [0, 0.1) is 23.6 Å².